The highest BCUT2D eigenvalue weighted by molar-refractivity contribution is 14.0. The standard InChI is InChI=1S/C19H25ClN4O2.HI/c1-21-19(24(2)14-15-4-7-17(20)8-5-15)23-13-16-6-9-18(22-12-16)26-11-10-25-3;/h4-9,12H,10-11,13-14H2,1-3H3,(H,21,23);1H. The molecule has 1 aromatic heterocycles. The maximum Gasteiger partial charge on any atom is 0.213 e. The Morgan fingerprint density at radius 1 is 1.15 bits per heavy atom. The van der Waals surface area contributed by atoms with E-state index in [1.165, 1.54) is 5.56 Å². The molecule has 0 radical (unpaired) electrons. The van der Waals surface area contributed by atoms with Crippen molar-refractivity contribution in [1.82, 2.24) is 15.2 Å². The number of aliphatic imine (C=N–C) groups is 1. The zero-order valence-electron chi connectivity index (χ0n) is 15.8. The SMILES string of the molecule is CN=C(NCc1ccc(OCCOC)nc1)N(C)Cc1ccc(Cl)cc1.I. The number of methoxy groups -OCH3 is 1. The number of aromatic nitrogens is 1. The summed E-state index contributed by atoms with van der Waals surface area (Å²) in [7, 11) is 5.41. The van der Waals surface area contributed by atoms with Crippen LogP contribution >= 0.6 is 35.6 Å². The predicted octanol–water partition coefficient (Wildman–Crippen LogP) is 3.59. The first-order valence-corrected chi connectivity index (χ1v) is 8.73. The molecule has 6 nitrogen and oxygen atoms in total. The van der Waals surface area contributed by atoms with Crippen LogP contribution in [0.25, 0.3) is 0 Å². The summed E-state index contributed by atoms with van der Waals surface area (Å²) >= 11 is 5.93. The van der Waals surface area contributed by atoms with Crippen LogP contribution in [0.1, 0.15) is 11.1 Å². The Balaban J connectivity index is 0.00000364. The average molecular weight is 505 g/mol. The first-order chi connectivity index (χ1) is 12.6. The van der Waals surface area contributed by atoms with Crippen molar-refractivity contribution in [2.45, 2.75) is 13.1 Å². The number of pyridine rings is 1. The van der Waals surface area contributed by atoms with E-state index in [0.29, 0.717) is 25.6 Å². The van der Waals surface area contributed by atoms with Gasteiger partial charge in [0.1, 0.15) is 6.61 Å². The number of ether oxygens (including phenoxy) is 2. The zero-order valence-corrected chi connectivity index (χ0v) is 18.9. The Morgan fingerprint density at radius 3 is 2.44 bits per heavy atom. The van der Waals surface area contributed by atoms with E-state index in [-0.39, 0.29) is 24.0 Å². The molecule has 0 spiro atoms. The summed E-state index contributed by atoms with van der Waals surface area (Å²) in [5.41, 5.74) is 2.21. The highest BCUT2D eigenvalue weighted by Gasteiger charge is 2.07. The minimum absolute atomic E-state index is 0. The molecule has 2 rings (SSSR count). The van der Waals surface area contributed by atoms with Crippen LogP contribution in [0.15, 0.2) is 47.6 Å². The number of nitrogens with one attached hydrogen (secondary N) is 1. The molecule has 0 unspecified atom stereocenters. The lowest BCUT2D eigenvalue weighted by atomic mass is 10.2. The van der Waals surface area contributed by atoms with E-state index >= 15 is 0 Å². The molecule has 8 heteroatoms. The molecule has 1 N–H and O–H groups in total. The molecule has 0 aliphatic heterocycles. The summed E-state index contributed by atoms with van der Waals surface area (Å²) < 4.78 is 10.4. The van der Waals surface area contributed by atoms with Gasteiger partial charge < -0.3 is 19.7 Å². The Kier molecular flexibility index (Phi) is 11.1. The lowest BCUT2D eigenvalue weighted by Gasteiger charge is -2.22. The molecular weight excluding hydrogens is 479 g/mol. The lowest BCUT2D eigenvalue weighted by Crippen LogP contribution is -2.38. The Labute approximate surface area is 183 Å². The van der Waals surface area contributed by atoms with Gasteiger partial charge in [0.05, 0.1) is 6.61 Å². The fourth-order valence-electron chi connectivity index (χ4n) is 2.33. The Hall–Kier alpha value is -1.58. The van der Waals surface area contributed by atoms with Crippen LogP contribution in [0.2, 0.25) is 5.02 Å². The third kappa shape index (κ3) is 8.32. The van der Waals surface area contributed by atoms with E-state index in [9.17, 15) is 0 Å². The van der Waals surface area contributed by atoms with Gasteiger partial charge in [-0.3, -0.25) is 4.99 Å². The van der Waals surface area contributed by atoms with Crippen molar-refractivity contribution in [2.75, 3.05) is 34.4 Å². The van der Waals surface area contributed by atoms with Crippen molar-refractivity contribution in [3.63, 3.8) is 0 Å². The number of halogens is 2. The summed E-state index contributed by atoms with van der Waals surface area (Å²) in [5, 5.41) is 4.08. The van der Waals surface area contributed by atoms with Crippen molar-refractivity contribution in [1.29, 1.82) is 0 Å². The van der Waals surface area contributed by atoms with E-state index in [1.54, 1.807) is 20.4 Å². The van der Waals surface area contributed by atoms with Crippen LogP contribution in [0.3, 0.4) is 0 Å². The van der Waals surface area contributed by atoms with Crippen LogP contribution in [-0.4, -0.2) is 50.3 Å². The van der Waals surface area contributed by atoms with E-state index in [0.717, 1.165) is 23.1 Å². The highest BCUT2D eigenvalue weighted by atomic mass is 127. The van der Waals surface area contributed by atoms with Crippen molar-refractivity contribution in [2.24, 2.45) is 4.99 Å². The van der Waals surface area contributed by atoms with Crippen LogP contribution in [0.5, 0.6) is 5.88 Å². The second kappa shape index (κ2) is 12.7. The number of rotatable bonds is 8. The number of nitrogens with zero attached hydrogens (tertiary/aromatic N) is 3. The molecular formula is C19H26ClIN4O2. The van der Waals surface area contributed by atoms with Gasteiger partial charge in [0.2, 0.25) is 5.88 Å². The maximum atomic E-state index is 5.93. The van der Waals surface area contributed by atoms with Gasteiger partial charge in [0.25, 0.3) is 0 Å². The van der Waals surface area contributed by atoms with Crippen LogP contribution in [-0.2, 0) is 17.8 Å². The fraction of sp³-hybridized carbons (Fsp3) is 0.368. The van der Waals surface area contributed by atoms with Crippen LogP contribution in [0.4, 0.5) is 0 Å². The second-order valence-corrected chi connectivity index (χ2v) is 6.17. The monoisotopic (exact) mass is 504 g/mol. The van der Waals surface area contributed by atoms with Gasteiger partial charge in [-0.2, -0.15) is 0 Å². The highest BCUT2D eigenvalue weighted by Crippen LogP contribution is 2.11. The van der Waals surface area contributed by atoms with E-state index in [4.69, 9.17) is 21.1 Å². The molecule has 0 aliphatic rings. The van der Waals surface area contributed by atoms with Gasteiger partial charge >= 0.3 is 0 Å². The number of guanidine groups is 1. The van der Waals surface area contributed by atoms with Crippen LogP contribution < -0.4 is 10.1 Å². The normalized spacial score (nSPS) is 10.9. The van der Waals surface area contributed by atoms with Gasteiger partial charge in [-0.25, -0.2) is 4.98 Å². The lowest BCUT2D eigenvalue weighted by molar-refractivity contribution is 0.143. The van der Waals surface area contributed by atoms with Gasteiger partial charge in [-0.15, -0.1) is 24.0 Å². The quantitative estimate of drug-likeness (QED) is 0.258. The van der Waals surface area contributed by atoms with Gasteiger partial charge in [0.15, 0.2) is 5.96 Å². The molecule has 0 saturated heterocycles. The Morgan fingerprint density at radius 2 is 1.85 bits per heavy atom. The van der Waals surface area contributed by atoms with E-state index in [2.05, 4.69) is 20.2 Å². The summed E-state index contributed by atoms with van der Waals surface area (Å²) in [6, 6.07) is 11.6. The minimum Gasteiger partial charge on any atom is -0.475 e. The molecule has 27 heavy (non-hydrogen) atoms. The molecule has 0 atom stereocenters. The first-order valence-electron chi connectivity index (χ1n) is 8.35. The molecule has 0 aliphatic carbocycles. The van der Waals surface area contributed by atoms with Crippen LogP contribution in [0, 0.1) is 0 Å². The first kappa shape index (κ1) is 23.5. The van der Waals surface area contributed by atoms with E-state index in [1.807, 2.05) is 43.4 Å². The summed E-state index contributed by atoms with van der Waals surface area (Å²) in [6.07, 6.45) is 1.79. The average Bonchev–Trinajstić information content (AvgIpc) is 2.65. The molecule has 148 valence electrons. The van der Waals surface area contributed by atoms with E-state index < -0.39 is 0 Å². The fourth-order valence-corrected chi connectivity index (χ4v) is 2.46. The van der Waals surface area contributed by atoms with Gasteiger partial charge in [0, 0.05) is 51.6 Å². The van der Waals surface area contributed by atoms with Crippen molar-refractivity contribution in [3.8, 4) is 5.88 Å². The molecule has 1 aromatic carbocycles. The summed E-state index contributed by atoms with van der Waals surface area (Å²) in [5.74, 6) is 1.40. The van der Waals surface area contributed by atoms with Gasteiger partial charge in [-0.1, -0.05) is 29.8 Å². The second-order valence-electron chi connectivity index (χ2n) is 5.73. The largest absolute Gasteiger partial charge is 0.475 e. The molecule has 0 fully saturated rings. The topological polar surface area (TPSA) is 59.0 Å². The van der Waals surface area contributed by atoms with Crippen molar-refractivity contribution in [3.05, 3.63) is 58.7 Å². The smallest absolute Gasteiger partial charge is 0.213 e. The molecule has 1 heterocycles. The molecule has 0 saturated carbocycles. The zero-order chi connectivity index (χ0) is 18.8. The minimum atomic E-state index is 0. The third-order valence-electron chi connectivity index (χ3n) is 3.69. The van der Waals surface area contributed by atoms with Crippen molar-refractivity contribution >= 4 is 41.5 Å². The number of hydrogen-bond acceptors (Lipinski definition) is 4. The summed E-state index contributed by atoms with van der Waals surface area (Å²) in [4.78, 5) is 10.7. The third-order valence-corrected chi connectivity index (χ3v) is 3.94. The van der Waals surface area contributed by atoms with Crippen molar-refractivity contribution < 1.29 is 9.47 Å². The predicted molar refractivity (Wildman–Crippen MR) is 120 cm³/mol. The maximum absolute atomic E-state index is 5.93. The van der Waals surface area contributed by atoms with Gasteiger partial charge in [-0.05, 0) is 23.3 Å². The summed E-state index contributed by atoms with van der Waals surface area (Å²) in [6.45, 7) is 2.40. The number of benzene rings is 1. The molecule has 0 bridgehead atoms. The molecule has 2 aromatic rings. The Bertz CT molecular complexity index is 696. The molecule has 0 amide bonds. The number of hydrogen-bond donors (Lipinski definition) is 1.